The van der Waals surface area contributed by atoms with E-state index in [9.17, 15) is 0 Å². The van der Waals surface area contributed by atoms with Crippen LogP contribution < -0.4 is 5.32 Å². The Hall–Kier alpha value is -2.22. The largest absolute Gasteiger partial charge is 0.365 e. The normalized spacial score (nSPS) is 11.9. The number of aromatic amines is 1. The van der Waals surface area contributed by atoms with Gasteiger partial charge in [-0.2, -0.15) is 0 Å². The number of aryl methyl sites for hydroxylation is 3. The van der Waals surface area contributed by atoms with Crippen LogP contribution >= 0.6 is 0 Å². The second-order valence-corrected chi connectivity index (χ2v) is 5.24. The van der Waals surface area contributed by atoms with E-state index in [-0.39, 0.29) is 5.92 Å². The molecule has 0 saturated carbocycles. The first kappa shape index (κ1) is 14.2. The molecule has 0 fully saturated rings. The maximum atomic E-state index is 4.18. The summed E-state index contributed by atoms with van der Waals surface area (Å²) >= 11 is 0. The zero-order chi connectivity index (χ0) is 14.7. The van der Waals surface area contributed by atoms with Crippen molar-refractivity contribution in [1.29, 1.82) is 0 Å². The Labute approximate surface area is 121 Å². The zero-order valence-corrected chi connectivity index (χ0v) is 12.5. The molecular formula is C18H22N2. The Balaban J connectivity index is 2.58. The van der Waals surface area contributed by atoms with E-state index in [2.05, 4.69) is 62.4 Å². The quantitative estimate of drug-likeness (QED) is 0.828. The standard InChI is InChI=1S/C18H22N2/c1-6-19-15(5)18(16-8-7-9-20-16)17-13(3)10-12(2)11-14(17)4/h6-11,18-20H,1,5H2,2-4H3. The molecule has 0 aliphatic rings. The summed E-state index contributed by atoms with van der Waals surface area (Å²) in [5.41, 5.74) is 7.23. The molecule has 2 aromatic rings. The van der Waals surface area contributed by atoms with Gasteiger partial charge in [0.1, 0.15) is 0 Å². The van der Waals surface area contributed by atoms with Crippen molar-refractivity contribution in [3.63, 3.8) is 0 Å². The lowest BCUT2D eigenvalue weighted by molar-refractivity contribution is 0.824. The molecule has 0 amide bonds. The summed E-state index contributed by atoms with van der Waals surface area (Å²) in [5.74, 6) is 0.101. The number of H-pyrrole nitrogens is 1. The van der Waals surface area contributed by atoms with Crippen molar-refractivity contribution < 1.29 is 0 Å². The molecule has 0 aliphatic carbocycles. The van der Waals surface area contributed by atoms with Crippen molar-refractivity contribution in [2.75, 3.05) is 0 Å². The maximum Gasteiger partial charge on any atom is 0.0640 e. The van der Waals surface area contributed by atoms with Crippen LogP contribution in [0.3, 0.4) is 0 Å². The van der Waals surface area contributed by atoms with E-state index >= 15 is 0 Å². The lowest BCUT2D eigenvalue weighted by Crippen LogP contribution is -2.16. The summed E-state index contributed by atoms with van der Waals surface area (Å²) in [6, 6.07) is 8.56. The Morgan fingerprint density at radius 2 is 1.90 bits per heavy atom. The molecule has 1 aromatic heterocycles. The van der Waals surface area contributed by atoms with Gasteiger partial charge in [-0.1, -0.05) is 30.9 Å². The van der Waals surface area contributed by atoms with Gasteiger partial charge in [0, 0.05) is 17.6 Å². The molecule has 20 heavy (non-hydrogen) atoms. The van der Waals surface area contributed by atoms with Gasteiger partial charge in [0.05, 0.1) is 5.92 Å². The Morgan fingerprint density at radius 1 is 1.25 bits per heavy atom. The van der Waals surface area contributed by atoms with E-state index < -0.39 is 0 Å². The van der Waals surface area contributed by atoms with Crippen molar-refractivity contribution in [2.45, 2.75) is 26.7 Å². The number of benzene rings is 1. The van der Waals surface area contributed by atoms with Crippen molar-refractivity contribution >= 4 is 0 Å². The van der Waals surface area contributed by atoms with E-state index in [1.54, 1.807) is 6.20 Å². The van der Waals surface area contributed by atoms with Gasteiger partial charge in [0.2, 0.25) is 0 Å². The SMILES string of the molecule is C=CNC(=C)C(c1ccc[nH]1)c1c(C)cc(C)cc1C. The highest BCUT2D eigenvalue weighted by Gasteiger charge is 2.22. The molecule has 0 bridgehead atoms. The zero-order valence-electron chi connectivity index (χ0n) is 12.5. The first-order valence-corrected chi connectivity index (χ1v) is 6.82. The van der Waals surface area contributed by atoms with Gasteiger partial charge in [0.15, 0.2) is 0 Å². The number of aromatic nitrogens is 1. The highest BCUT2D eigenvalue weighted by atomic mass is 14.9. The number of allylic oxidation sites excluding steroid dienone is 1. The topological polar surface area (TPSA) is 27.8 Å². The van der Waals surface area contributed by atoms with Crippen LogP contribution in [0, 0.1) is 20.8 Å². The lowest BCUT2D eigenvalue weighted by Gasteiger charge is -2.23. The molecule has 0 spiro atoms. The highest BCUT2D eigenvalue weighted by Crippen LogP contribution is 2.33. The molecule has 0 radical (unpaired) electrons. The van der Waals surface area contributed by atoms with Crippen LogP contribution in [0.15, 0.2) is 55.5 Å². The molecule has 0 aliphatic heterocycles. The van der Waals surface area contributed by atoms with Gasteiger partial charge in [-0.25, -0.2) is 0 Å². The average Bonchev–Trinajstić information content (AvgIpc) is 2.87. The number of hydrogen-bond donors (Lipinski definition) is 2. The fraction of sp³-hybridized carbons (Fsp3) is 0.222. The fourth-order valence-corrected chi connectivity index (χ4v) is 2.90. The van der Waals surface area contributed by atoms with Crippen LogP contribution in [-0.4, -0.2) is 4.98 Å². The molecular weight excluding hydrogens is 244 g/mol. The second-order valence-electron chi connectivity index (χ2n) is 5.24. The molecule has 1 atom stereocenters. The summed E-state index contributed by atoms with van der Waals surface area (Å²) in [7, 11) is 0. The van der Waals surface area contributed by atoms with Crippen LogP contribution in [0.2, 0.25) is 0 Å². The van der Waals surface area contributed by atoms with Crippen LogP contribution in [0.4, 0.5) is 0 Å². The Kier molecular flexibility index (Phi) is 4.14. The molecule has 1 aromatic carbocycles. The number of nitrogens with one attached hydrogen (secondary N) is 2. The summed E-state index contributed by atoms with van der Waals surface area (Å²) in [4.78, 5) is 3.31. The van der Waals surface area contributed by atoms with Crippen LogP contribution in [0.25, 0.3) is 0 Å². The Bertz CT molecular complexity index is 598. The van der Waals surface area contributed by atoms with Crippen molar-refractivity contribution in [3.8, 4) is 0 Å². The predicted molar refractivity (Wildman–Crippen MR) is 85.8 cm³/mol. The summed E-state index contributed by atoms with van der Waals surface area (Å²) in [5, 5.41) is 3.15. The third-order valence-electron chi connectivity index (χ3n) is 3.60. The minimum atomic E-state index is 0.101. The minimum absolute atomic E-state index is 0.101. The average molecular weight is 266 g/mol. The number of hydrogen-bond acceptors (Lipinski definition) is 1. The smallest absolute Gasteiger partial charge is 0.0640 e. The van der Waals surface area contributed by atoms with Gasteiger partial charge in [-0.3, -0.25) is 0 Å². The fourth-order valence-electron chi connectivity index (χ4n) is 2.90. The van der Waals surface area contributed by atoms with Gasteiger partial charge in [-0.05, 0) is 55.8 Å². The summed E-state index contributed by atoms with van der Waals surface area (Å²) < 4.78 is 0. The molecule has 2 rings (SSSR count). The lowest BCUT2D eigenvalue weighted by atomic mass is 9.85. The maximum absolute atomic E-state index is 4.18. The van der Waals surface area contributed by atoms with Crippen LogP contribution in [0.5, 0.6) is 0 Å². The van der Waals surface area contributed by atoms with Crippen molar-refractivity contribution in [3.05, 3.63) is 83.5 Å². The van der Waals surface area contributed by atoms with Crippen molar-refractivity contribution in [1.82, 2.24) is 10.3 Å². The van der Waals surface area contributed by atoms with E-state index in [1.807, 2.05) is 12.3 Å². The second kappa shape index (κ2) is 5.83. The van der Waals surface area contributed by atoms with Crippen molar-refractivity contribution in [2.24, 2.45) is 0 Å². The first-order valence-electron chi connectivity index (χ1n) is 6.82. The van der Waals surface area contributed by atoms with E-state index in [1.165, 1.54) is 22.3 Å². The molecule has 2 nitrogen and oxygen atoms in total. The third kappa shape index (κ3) is 2.69. The molecule has 104 valence electrons. The third-order valence-corrected chi connectivity index (χ3v) is 3.60. The minimum Gasteiger partial charge on any atom is -0.365 e. The molecule has 1 unspecified atom stereocenters. The van der Waals surface area contributed by atoms with Crippen LogP contribution in [-0.2, 0) is 0 Å². The molecule has 0 saturated heterocycles. The van der Waals surface area contributed by atoms with Gasteiger partial charge < -0.3 is 10.3 Å². The van der Waals surface area contributed by atoms with Gasteiger partial charge in [0.25, 0.3) is 0 Å². The molecule has 2 heteroatoms. The van der Waals surface area contributed by atoms with Crippen LogP contribution in [0.1, 0.15) is 33.9 Å². The number of rotatable bonds is 5. The molecule has 1 heterocycles. The predicted octanol–water partition coefficient (Wildman–Crippen LogP) is 4.32. The monoisotopic (exact) mass is 266 g/mol. The highest BCUT2D eigenvalue weighted by molar-refractivity contribution is 5.47. The van der Waals surface area contributed by atoms with Gasteiger partial charge >= 0.3 is 0 Å². The summed E-state index contributed by atoms with van der Waals surface area (Å²) in [6.07, 6.45) is 3.62. The van der Waals surface area contributed by atoms with E-state index in [0.29, 0.717) is 0 Å². The van der Waals surface area contributed by atoms with Gasteiger partial charge in [-0.15, -0.1) is 0 Å². The summed E-state index contributed by atoms with van der Waals surface area (Å²) in [6.45, 7) is 14.4. The molecule has 2 N–H and O–H groups in total. The first-order chi connectivity index (χ1) is 9.54. The van der Waals surface area contributed by atoms with E-state index in [4.69, 9.17) is 0 Å². The Morgan fingerprint density at radius 3 is 2.40 bits per heavy atom. The van der Waals surface area contributed by atoms with E-state index in [0.717, 1.165) is 11.4 Å².